The molecule has 1 aromatic heterocycles. The van der Waals surface area contributed by atoms with E-state index in [-0.39, 0.29) is 17.7 Å². The van der Waals surface area contributed by atoms with E-state index in [4.69, 9.17) is 10.00 Å². The van der Waals surface area contributed by atoms with Crippen molar-refractivity contribution in [3.8, 4) is 12.1 Å². The number of thioether (sulfide) groups is 1. The van der Waals surface area contributed by atoms with Crippen molar-refractivity contribution >= 4 is 17.7 Å². The number of ether oxygens (including phenoxy) is 1. The van der Waals surface area contributed by atoms with Crippen LogP contribution in [0.4, 0.5) is 0 Å². The Bertz CT molecular complexity index is 597. The van der Waals surface area contributed by atoms with Crippen LogP contribution in [0, 0.1) is 22.7 Å². The Morgan fingerprint density at radius 2 is 2.32 bits per heavy atom. The first-order valence-electron chi connectivity index (χ1n) is 5.74. The molecule has 0 N–H and O–H groups in total. The predicted molar refractivity (Wildman–Crippen MR) is 68.6 cm³/mol. The van der Waals surface area contributed by atoms with Gasteiger partial charge in [0.05, 0.1) is 11.1 Å². The standard InChI is InChI=1S/C13H11N3O2S/c1-19-12-10(7-15)9(13(17)18-5-4-14)6-11(16-12)8-2-3-8/h6,8H,2-3,5H2,1H3. The predicted octanol–water partition coefficient (Wildman–Crippen LogP) is 2.23. The van der Waals surface area contributed by atoms with Gasteiger partial charge in [0.15, 0.2) is 6.61 Å². The van der Waals surface area contributed by atoms with Crippen LogP contribution in [0.25, 0.3) is 0 Å². The summed E-state index contributed by atoms with van der Waals surface area (Å²) in [6.07, 6.45) is 3.92. The molecular formula is C13H11N3O2S. The number of rotatable bonds is 4. The topological polar surface area (TPSA) is 86.8 Å². The number of nitrogens with zero attached hydrogens (tertiary/aromatic N) is 3. The monoisotopic (exact) mass is 273 g/mol. The molecule has 0 amide bonds. The summed E-state index contributed by atoms with van der Waals surface area (Å²) < 4.78 is 4.79. The highest BCUT2D eigenvalue weighted by molar-refractivity contribution is 7.98. The van der Waals surface area contributed by atoms with E-state index in [0.717, 1.165) is 18.5 Å². The van der Waals surface area contributed by atoms with E-state index in [9.17, 15) is 10.1 Å². The number of aromatic nitrogens is 1. The average Bonchev–Trinajstić information content (AvgIpc) is 3.27. The largest absolute Gasteiger partial charge is 0.447 e. The van der Waals surface area contributed by atoms with Gasteiger partial charge in [-0.1, -0.05) is 0 Å². The van der Waals surface area contributed by atoms with E-state index in [0.29, 0.717) is 10.9 Å². The summed E-state index contributed by atoms with van der Waals surface area (Å²) in [7, 11) is 0. The molecule has 0 aliphatic heterocycles. The Balaban J connectivity index is 2.44. The third-order valence-corrected chi connectivity index (χ3v) is 3.48. The quantitative estimate of drug-likeness (QED) is 0.617. The van der Waals surface area contributed by atoms with Crippen LogP contribution < -0.4 is 0 Å². The molecule has 1 aliphatic rings. The normalized spacial score (nSPS) is 13.4. The third kappa shape index (κ3) is 2.86. The van der Waals surface area contributed by atoms with Gasteiger partial charge < -0.3 is 4.74 Å². The molecule has 1 saturated carbocycles. The summed E-state index contributed by atoms with van der Waals surface area (Å²) in [4.78, 5) is 16.3. The van der Waals surface area contributed by atoms with Gasteiger partial charge in [0.1, 0.15) is 17.2 Å². The van der Waals surface area contributed by atoms with Crippen LogP contribution in [-0.4, -0.2) is 23.8 Å². The Morgan fingerprint density at radius 1 is 1.58 bits per heavy atom. The van der Waals surface area contributed by atoms with E-state index >= 15 is 0 Å². The van der Waals surface area contributed by atoms with E-state index < -0.39 is 5.97 Å². The van der Waals surface area contributed by atoms with Crippen molar-refractivity contribution in [2.45, 2.75) is 23.8 Å². The first-order chi connectivity index (χ1) is 9.21. The fraction of sp³-hybridized carbons (Fsp3) is 0.385. The number of carbonyl (C=O) groups is 1. The molecule has 1 fully saturated rings. The number of hydrogen-bond donors (Lipinski definition) is 0. The van der Waals surface area contributed by atoms with Crippen molar-refractivity contribution in [3.05, 3.63) is 22.9 Å². The van der Waals surface area contributed by atoms with Crippen molar-refractivity contribution < 1.29 is 9.53 Å². The van der Waals surface area contributed by atoms with Crippen molar-refractivity contribution in [1.29, 1.82) is 10.5 Å². The van der Waals surface area contributed by atoms with Crippen molar-refractivity contribution in [2.24, 2.45) is 0 Å². The zero-order chi connectivity index (χ0) is 13.8. The number of esters is 1. The van der Waals surface area contributed by atoms with Gasteiger partial charge in [-0.25, -0.2) is 9.78 Å². The zero-order valence-electron chi connectivity index (χ0n) is 10.3. The fourth-order valence-electron chi connectivity index (χ4n) is 1.72. The lowest BCUT2D eigenvalue weighted by atomic mass is 10.1. The maximum absolute atomic E-state index is 11.9. The highest BCUT2D eigenvalue weighted by Crippen LogP contribution is 2.40. The molecule has 2 rings (SSSR count). The van der Waals surface area contributed by atoms with Crippen molar-refractivity contribution in [1.82, 2.24) is 4.98 Å². The molecule has 0 saturated heterocycles. The summed E-state index contributed by atoms with van der Waals surface area (Å²) in [5, 5.41) is 18.1. The fourth-order valence-corrected chi connectivity index (χ4v) is 2.28. The molecule has 0 atom stereocenters. The summed E-state index contributed by atoms with van der Waals surface area (Å²) in [5.74, 6) is -0.265. The number of hydrogen-bond acceptors (Lipinski definition) is 6. The minimum atomic E-state index is -0.641. The highest BCUT2D eigenvalue weighted by atomic mass is 32.2. The van der Waals surface area contributed by atoms with Gasteiger partial charge in [-0.3, -0.25) is 0 Å². The van der Waals surface area contributed by atoms with E-state index in [1.54, 1.807) is 12.1 Å². The average molecular weight is 273 g/mol. The first-order valence-corrected chi connectivity index (χ1v) is 6.96. The van der Waals surface area contributed by atoms with Gasteiger partial charge in [-0.2, -0.15) is 10.5 Å². The van der Waals surface area contributed by atoms with Gasteiger partial charge in [-0.15, -0.1) is 11.8 Å². The second kappa shape index (κ2) is 5.73. The van der Waals surface area contributed by atoms with Crippen molar-refractivity contribution in [2.75, 3.05) is 12.9 Å². The number of pyridine rings is 1. The molecule has 0 radical (unpaired) electrons. The minimum Gasteiger partial charge on any atom is -0.447 e. The molecule has 6 heteroatoms. The van der Waals surface area contributed by atoms with Crippen LogP contribution in [-0.2, 0) is 4.74 Å². The molecule has 96 valence electrons. The first kappa shape index (κ1) is 13.4. The SMILES string of the molecule is CSc1nc(C2CC2)cc(C(=O)OCC#N)c1C#N. The third-order valence-electron chi connectivity index (χ3n) is 2.79. The number of carbonyl (C=O) groups excluding carboxylic acids is 1. The second-order valence-corrected chi connectivity index (χ2v) is 4.89. The van der Waals surface area contributed by atoms with Crippen LogP contribution in [0.5, 0.6) is 0 Å². The van der Waals surface area contributed by atoms with Crippen LogP contribution in [0.2, 0.25) is 0 Å². The molecule has 1 aliphatic carbocycles. The molecule has 0 aromatic carbocycles. The van der Waals surface area contributed by atoms with Crippen LogP contribution >= 0.6 is 11.8 Å². The Kier molecular flexibility index (Phi) is 4.03. The van der Waals surface area contributed by atoms with Crippen LogP contribution in [0.1, 0.15) is 40.4 Å². The minimum absolute atomic E-state index is 0.207. The van der Waals surface area contributed by atoms with E-state index in [1.165, 1.54) is 11.8 Å². The summed E-state index contributed by atoms with van der Waals surface area (Å²) in [6, 6.07) is 5.35. The lowest BCUT2D eigenvalue weighted by Gasteiger charge is -2.09. The molecule has 19 heavy (non-hydrogen) atoms. The molecular weight excluding hydrogens is 262 g/mol. The molecule has 0 unspecified atom stereocenters. The Morgan fingerprint density at radius 3 is 2.84 bits per heavy atom. The summed E-state index contributed by atoms with van der Waals surface area (Å²) in [5.41, 5.74) is 1.26. The highest BCUT2D eigenvalue weighted by Gasteiger charge is 2.28. The molecule has 1 aromatic rings. The smallest absolute Gasteiger partial charge is 0.340 e. The zero-order valence-corrected chi connectivity index (χ0v) is 11.2. The Labute approximate surface area is 115 Å². The summed E-state index contributed by atoms with van der Waals surface area (Å²) >= 11 is 1.33. The van der Waals surface area contributed by atoms with Gasteiger partial charge in [0.25, 0.3) is 0 Å². The van der Waals surface area contributed by atoms with Crippen LogP contribution in [0.15, 0.2) is 11.1 Å². The number of nitriles is 2. The molecule has 0 bridgehead atoms. The van der Waals surface area contributed by atoms with Crippen LogP contribution in [0.3, 0.4) is 0 Å². The lowest BCUT2D eigenvalue weighted by Crippen LogP contribution is -2.10. The van der Waals surface area contributed by atoms with Crippen molar-refractivity contribution in [3.63, 3.8) is 0 Å². The van der Waals surface area contributed by atoms with Gasteiger partial charge in [0.2, 0.25) is 0 Å². The second-order valence-electron chi connectivity index (χ2n) is 4.10. The molecule has 0 spiro atoms. The Hall–Kier alpha value is -2.05. The molecule has 5 nitrogen and oxygen atoms in total. The molecule has 1 heterocycles. The van der Waals surface area contributed by atoms with E-state index in [1.807, 2.05) is 12.3 Å². The maximum Gasteiger partial charge on any atom is 0.340 e. The van der Waals surface area contributed by atoms with Gasteiger partial charge in [0, 0.05) is 11.6 Å². The van der Waals surface area contributed by atoms with Gasteiger partial charge in [-0.05, 0) is 25.2 Å². The van der Waals surface area contributed by atoms with E-state index in [2.05, 4.69) is 4.98 Å². The van der Waals surface area contributed by atoms with Gasteiger partial charge >= 0.3 is 5.97 Å². The summed E-state index contributed by atoms with van der Waals surface area (Å²) in [6.45, 7) is -0.320. The lowest BCUT2D eigenvalue weighted by molar-refractivity contribution is 0.0554. The maximum atomic E-state index is 11.9.